The minimum absolute atomic E-state index is 0.0597. The number of fused-ring (bicyclic) bond motifs is 1. The van der Waals surface area contributed by atoms with Gasteiger partial charge in [-0.25, -0.2) is 9.97 Å². The number of nitrogens with one attached hydrogen (secondary N) is 2. The first kappa shape index (κ1) is 28.0. The summed E-state index contributed by atoms with van der Waals surface area (Å²) in [6, 6.07) is 9.99. The van der Waals surface area contributed by atoms with E-state index in [0.717, 1.165) is 33.7 Å². The summed E-state index contributed by atoms with van der Waals surface area (Å²) in [6.45, 7) is 16.1. The molecule has 2 aromatic carbocycles. The molecule has 0 spiro atoms. The maximum absolute atomic E-state index is 12.6. The zero-order chi connectivity index (χ0) is 28.3. The topological polar surface area (TPSA) is 90.3 Å². The molecule has 2 heterocycles. The minimum atomic E-state index is -0.0597. The summed E-state index contributed by atoms with van der Waals surface area (Å²) in [5, 5.41) is 7.44. The molecule has 0 atom stereocenters. The Morgan fingerprint density at radius 2 is 1.67 bits per heavy atom. The number of ether oxygens (including phenoxy) is 2. The molecule has 0 fully saturated rings. The van der Waals surface area contributed by atoms with Gasteiger partial charge in [0.05, 0.1) is 31.2 Å². The third kappa shape index (κ3) is 5.85. The van der Waals surface area contributed by atoms with E-state index in [0.29, 0.717) is 37.0 Å². The third-order valence-corrected chi connectivity index (χ3v) is 6.96. The van der Waals surface area contributed by atoms with Crippen LogP contribution in [0.5, 0.6) is 11.5 Å². The van der Waals surface area contributed by atoms with E-state index in [1.807, 2.05) is 32.0 Å². The van der Waals surface area contributed by atoms with Crippen molar-refractivity contribution >= 4 is 22.8 Å². The summed E-state index contributed by atoms with van der Waals surface area (Å²) in [4.78, 5) is 22.2. The largest absolute Gasteiger partial charge is 0.493 e. The molecule has 4 aromatic rings. The molecule has 8 nitrogen and oxygen atoms in total. The van der Waals surface area contributed by atoms with E-state index in [9.17, 15) is 4.79 Å². The van der Waals surface area contributed by atoms with Gasteiger partial charge in [0.25, 0.3) is 0 Å². The lowest BCUT2D eigenvalue weighted by molar-refractivity contribution is -0.120. The first-order valence-electron chi connectivity index (χ1n) is 13.4. The number of carbonyl (C=O) groups is 1. The van der Waals surface area contributed by atoms with E-state index in [2.05, 4.69) is 62.0 Å². The minimum Gasteiger partial charge on any atom is -0.493 e. The van der Waals surface area contributed by atoms with Crippen molar-refractivity contribution in [2.24, 2.45) is 0 Å². The second-order valence-electron chi connectivity index (χ2n) is 9.98. The Balaban J connectivity index is 1.49. The number of amides is 1. The molecule has 2 N–H and O–H groups in total. The monoisotopic (exact) mass is 529 g/mol. The Labute approximate surface area is 230 Å². The first-order chi connectivity index (χ1) is 18.6. The average Bonchev–Trinajstić information content (AvgIpc) is 3.12. The molecule has 0 unspecified atom stereocenters. The number of aryl methyl sites for hydroxylation is 5. The van der Waals surface area contributed by atoms with E-state index in [1.165, 1.54) is 22.4 Å². The zero-order valence-corrected chi connectivity index (χ0v) is 24.3. The van der Waals surface area contributed by atoms with Gasteiger partial charge < -0.3 is 20.1 Å². The molecule has 4 rings (SSSR count). The fourth-order valence-corrected chi connectivity index (χ4v) is 5.23. The predicted molar refractivity (Wildman–Crippen MR) is 157 cm³/mol. The Kier molecular flexibility index (Phi) is 8.43. The number of nitrogens with zero attached hydrogens (tertiary/aromatic N) is 3. The molecule has 206 valence electrons. The number of aromatic nitrogens is 3. The molecule has 39 heavy (non-hydrogen) atoms. The van der Waals surface area contributed by atoms with Crippen LogP contribution >= 0.6 is 0 Å². The summed E-state index contributed by atoms with van der Waals surface area (Å²) in [7, 11) is 1.60. The molecule has 0 aliphatic carbocycles. The van der Waals surface area contributed by atoms with E-state index < -0.39 is 0 Å². The van der Waals surface area contributed by atoms with Gasteiger partial charge in [-0.15, -0.1) is 0 Å². The standard InChI is InChI=1S/C31H39N5O3/c1-9-39-25-11-10-24(16-26(25)38-8)17-27(37)32-12-13-33-30-28-21(5)22(6)36(31(28)35-23(7)34-30)29-19(3)14-18(2)15-20(29)4/h10-11,14-16H,9,12-13,17H2,1-8H3,(H,32,37)(H,33,34,35). The molecule has 0 aliphatic rings. The van der Waals surface area contributed by atoms with Crippen molar-refractivity contribution in [1.82, 2.24) is 19.9 Å². The lowest BCUT2D eigenvalue weighted by Gasteiger charge is -2.16. The van der Waals surface area contributed by atoms with Gasteiger partial charge in [0.2, 0.25) is 5.91 Å². The van der Waals surface area contributed by atoms with Crippen LogP contribution in [0.3, 0.4) is 0 Å². The highest BCUT2D eigenvalue weighted by molar-refractivity contribution is 5.93. The molecular weight excluding hydrogens is 490 g/mol. The van der Waals surface area contributed by atoms with Crippen LogP contribution in [0, 0.1) is 41.5 Å². The summed E-state index contributed by atoms with van der Waals surface area (Å²) >= 11 is 0. The molecular formula is C31H39N5O3. The van der Waals surface area contributed by atoms with Crippen molar-refractivity contribution in [3.8, 4) is 17.2 Å². The highest BCUT2D eigenvalue weighted by Crippen LogP contribution is 2.34. The molecule has 2 aromatic heterocycles. The molecule has 1 amide bonds. The van der Waals surface area contributed by atoms with Crippen molar-refractivity contribution in [2.45, 2.75) is 54.9 Å². The Morgan fingerprint density at radius 1 is 0.949 bits per heavy atom. The van der Waals surface area contributed by atoms with Crippen LogP contribution in [0.2, 0.25) is 0 Å². The van der Waals surface area contributed by atoms with Gasteiger partial charge in [-0.05, 0) is 82.9 Å². The highest BCUT2D eigenvalue weighted by Gasteiger charge is 2.21. The number of methoxy groups -OCH3 is 1. The number of hydrogen-bond acceptors (Lipinski definition) is 6. The Hall–Kier alpha value is -4.07. The van der Waals surface area contributed by atoms with Gasteiger partial charge in [-0.3, -0.25) is 9.36 Å². The number of hydrogen-bond donors (Lipinski definition) is 2. The van der Waals surface area contributed by atoms with Crippen molar-refractivity contribution in [2.75, 3.05) is 32.1 Å². The van der Waals surface area contributed by atoms with Crippen LogP contribution in [0.25, 0.3) is 16.7 Å². The smallest absolute Gasteiger partial charge is 0.224 e. The van der Waals surface area contributed by atoms with Crippen LogP contribution in [0.1, 0.15) is 46.3 Å². The first-order valence-corrected chi connectivity index (χ1v) is 13.4. The molecule has 8 heteroatoms. The Morgan fingerprint density at radius 3 is 2.33 bits per heavy atom. The fourth-order valence-electron chi connectivity index (χ4n) is 5.23. The average molecular weight is 530 g/mol. The van der Waals surface area contributed by atoms with E-state index in [4.69, 9.17) is 19.4 Å². The fraction of sp³-hybridized carbons (Fsp3) is 0.387. The van der Waals surface area contributed by atoms with Crippen LogP contribution in [-0.4, -0.2) is 47.2 Å². The molecule has 0 bridgehead atoms. The normalized spacial score (nSPS) is 11.1. The van der Waals surface area contributed by atoms with Gasteiger partial charge in [-0.1, -0.05) is 23.8 Å². The summed E-state index contributed by atoms with van der Waals surface area (Å²) < 4.78 is 13.2. The van der Waals surface area contributed by atoms with Gasteiger partial charge in [0.15, 0.2) is 17.1 Å². The van der Waals surface area contributed by atoms with Gasteiger partial charge in [0.1, 0.15) is 11.6 Å². The maximum atomic E-state index is 12.6. The SMILES string of the molecule is CCOc1ccc(CC(=O)NCCNc2nc(C)nc3c2c(C)c(C)n3-c2c(C)cc(C)cc2C)cc1OC. The zero-order valence-electron chi connectivity index (χ0n) is 24.3. The number of benzene rings is 2. The summed E-state index contributed by atoms with van der Waals surface area (Å²) in [5.74, 6) is 2.72. The maximum Gasteiger partial charge on any atom is 0.224 e. The van der Waals surface area contributed by atoms with E-state index in [-0.39, 0.29) is 12.3 Å². The molecule has 0 saturated heterocycles. The number of carbonyl (C=O) groups excluding carboxylic acids is 1. The molecule has 0 saturated carbocycles. The van der Waals surface area contributed by atoms with E-state index >= 15 is 0 Å². The lowest BCUT2D eigenvalue weighted by Crippen LogP contribution is -2.30. The second-order valence-corrected chi connectivity index (χ2v) is 9.98. The van der Waals surface area contributed by atoms with Gasteiger partial charge in [0, 0.05) is 18.8 Å². The van der Waals surface area contributed by atoms with Gasteiger partial charge >= 0.3 is 0 Å². The van der Waals surface area contributed by atoms with Crippen LogP contribution in [-0.2, 0) is 11.2 Å². The number of rotatable bonds is 10. The van der Waals surface area contributed by atoms with Crippen LogP contribution in [0.4, 0.5) is 5.82 Å². The lowest BCUT2D eigenvalue weighted by atomic mass is 10.0. The number of anilines is 1. The highest BCUT2D eigenvalue weighted by atomic mass is 16.5. The summed E-state index contributed by atoms with van der Waals surface area (Å²) in [5.41, 5.74) is 8.88. The van der Waals surface area contributed by atoms with E-state index in [1.54, 1.807) is 7.11 Å². The quantitative estimate of drug-likeness (QED) is 0.266. The second kappa shape index (κ2) is 11.8. The predicted octanol–water partition coefficient (Wildman–Crippen LogP) is 5.45. The van der Waals surface area contributed by atoms with Crippen molar-refractivity contribution in [3.05, 3.63) is 69.7 Å². The van der Waals surface area contributed by atoms with Gasteiger partial charge in [-0.2, -0.15) is 0 Å². The molecule has 0 aliphatic heterocycles. The van der Waals surface area contributed by atoms with Crippen molar-refractivity contribution in [1.29, 1.82) is 0 Å². The van der Waals surface area contributed by atoms with Crippen molar-refractivity contribution < 1.29 is 14.3 Å². The molecule has 0 radical (unpaired) electrons. The summed E-state index contributed by atoms with van der Waals surface area (Å²) in [6.07, 6.45) is 0.260. The Bertz CT molecular complexity index is 1500. The van der Waals surface area contributed by atoms with Crippen LogP contribution < -0.4 is 20.1 Å². The van der Waals surface area contributed by atoms with Crippen LogP contribution in [0.15, 0.2) is 30.3 Å². The third-order valence-electron chi connectivity index (χ3n) is 6.96. The van der Waals surface area contributed by atoms with Crippen molar-refractivity contribution in [3.63, 3.8) is 0 Å².